The molecular formula is C5H13N3O2. The summed E-state index contributed by atoms with van der Waals surface area (Å²) in [6.07, 6.45) is 0. The van der Waals surface area contributed by atoms with E-state index in [4.69, 9.17) is 5.21 Å². The first-order valence-electron chi connectivity index (χ1n) is 3.01. The Kier molecular flexibility index (Phi) is 3.75. The minimum absolute atomic E-state index is 0.206. The third-order valence-electron chi connectivity index (χ3n) is 1.15. The number of nitrogens with zero attached hydrogens (tertiary/aromatic N) is 1. The molecule has 0 heterocycles. The van der Waals surface area contributed by atoms with Crippen molar-refractivity contribution >= 4 is 6.03 Å². The molecule has 0 spiro atoms. The van der Waals surface area contributed by atoms with Crippen molar-refractivity contribution in [3.8, 4) is 0 Å². The van der Waals surface area contributed by atoms with Crippen molar-refractivity contribution in [2.24, 2.45) is 0 Å². The highest BCUT2D eigenvalue weighted by Gasteiger charge is 2.04. The van der Waals surface area contributed by atoms with E-state index in [0.29, 0.717) is 0 Å². The van der Waals surface area contributed by atoms with Crippen molar-refractivity contribution in [3.63, 3.8) is 0 Å². The molecule has 2 amide bonds. The van der Waals surface area contributed by atoms with Crippen LogP contribution in [0.4, 0.5) is 4.79 Å². The fourth-order valence-corrected chi connectivity index (χ4v) is 0.314. The van der Waals surface area contributed by atoms with E-state index in [2.05, 4.69) is 5.43 Å². The lowest BCUT2D eigenvalue weighted by Gasteiger charge is -2.20. The summed E-state index contributed by atoms with van der Waals surface area (Å²) in [6, 6.07) is -0.423. The Morgan fingerprint density at radius 3 is 2.40 bits per heavy atom. The van der Waals surface area contributed by atoms with Crippen LogP contribution in [-0.2, 0) is 0 Å². The number of hydroxylamine groups is 1. The van der Waals surface area contributed by atoms with E-state index in [1.807, 2.05) is 13.8 Å². The van der Waals surface area contributed by atoms with Gasteiger partial charge in [0.2, 0.25) is 0 Å². The lowest BCUT2D eigenvalue weighted by atomic mass is 10.4. The summed E-state index contributed by atoms with van der Waals surface area (Å²) >= 11 is 0. The number of hydrogen-bond donors (Lipinski definition) is 3. The number of carbonyl (C=O) groups is 1. The Hall–Kier alpha value is -0.810. The number of nitrogens with one attached hydrogen (secondary N) is 2. The summed E-state index contributed by atoms with van der Waals surface area (Å²) in [6.45, 7) is 3.83. The molecule has 0 aromatic carbocycles. The summed E-state index contributed by atoms with van der Waals surface area (Å²) in [7, 11) is 1.71. The van der Waals surface area contributed by atoms with E-state index in [1.165, 1.54) is 5.48 Å². The molecular weight excluding hydrogens is 134 g/mol. The van der Waals surface area contributed by atoms with E-state index in [9.17, 15) is 4.79 Å². The van der Waals surface area contributed by atoms with Crippen molar-refractivity contribution in [3.05, 3.63) is 0 Å². The number of amides is 2. The van der Waals surface area contributed by atoms with Gasteiger partial charge in [-0.15, -0.1) is 0 Å². The van der Waals surface area contributed by atoms with Gasteiger partial charge in [-0.3, -0.25) is 10.6 Å². The van der Waals surface area contributed by atoms with Gasteiger partial charge < -0.3 is 0 Å². The van der Waals surface area contributed by atoms with E-state index in [-0.39, 0.29) is 6.04 Å². The van der Waals surface area contributed by atoms with Gasteiger partial charge in [-0.2, -0.15) is 0 Å². The Morgan fingerprint density at radius 1 is 1.60 bits per heavy atom. The monoisotopic (exact) mass is 147 g/mol. The SMILES string of the molecule is CC(C)N(C)NC(=O)NO. The Bertz CT molecular complexity index is 115. The molecule has 0 atom stereocenters. The lowest BCUT2D eigenvalue weighted by Crippen LogP contribution is -2.47. The Balaban J connectivity index is 3.57. The quantitative estimate of drug-likeness (QED) is 0.378. The third kappa shape index (κ3) is 3.26. The Labute approximate surface area is 59.9 Å². The molecule has 0 fully saturated rings. The number of urea groups is 1. The second-order valence-electron chi connectivity index (χ2n) is 2.26. The van der Waals surface area contributed by atoms with Crippen LogP contribution in [0, 0.1) is 0 Å². The van der Waals surface area contributed by atoms with Crippen molar-refractivity contribution in [2.45, 2.75) is 19.9 Å². The molecule has 3 N–H and O–H groups in total. The first kappa shape index (κ1) is 9.19. The van der Waals surface area contributed by atoms with Gasteiger partial charge in [0.25, 0.3) is 0 Å². The molecule has 0 radical (unpaired) electrons. The van der Waals surface area contributed by atoms with Gasteiger partial charge in [0.05, 0.1) is 0 Å². The molecule has 0 unspecified atom stereocenters. The summed E-state index contributed by atoms with van der Waals surface area (Å²) < 4.78 is 0. The molecule has 0 aliphatic heterocycles. The summed E-state index contributed by atoms with van der Waals surface area (Å²) in [5.74, 6) is 0. The number of hydrogen-bond acceptors (Lipinski definition) is 3. The van der Waals surface area contributed by atoms with Gasteiger partial charge in [0, 0.05) is 13.1 Å². The average Bonchev–Trinajstić information content (AvgIpc) is 1.87. The predicted octanol–water partition coefficient (Wildman–Crippen LogP) is -0.0700. The molecule has 0 bridgehead atoms. The minimum Gasteiger partial charge on any atom is -0.287 e. The number of rotatable bonds is 2. The molecule has 0 saturated carbocycles. The van der Waals surface area contributed by atoms with Gasteiger partial charge in [-0.1, -0.05) is 0 Å². The summed E-state index contributed by atoms with van der Waals surface area (Å²) in [5, 5.41) is 9.65. The predicted molar refractivity (Wildman–Crippen MR) is 36.4 cm³/mol. The van der Waals surface area contributed by atoms with E-state index in [0.717, 1.165) is 0 Å². The van der Waals surface area contributed by atoms with Crippen molar-refractivity contribution in [1.29, 1.82) is 0 Å². The first-order valence-corrected chi connectivity index (χ1v) is 3.01. The van der Waals surface area contributed by atoms with E-state index >= 15 is 0 Å². The minimum atomic E-state index is -0.629. The molecule has 60 valence electrons. The molecule has 10 heavy (non-hydrogen) atoms. The zero-order valence-electron chi connectivity index (χ0n) is 6.38. The third-order valence-corrected chi connectivity index (χ3v) is 1.15. The lowest BCUT2D eigenvalue weighted by molar-refractivity contribution is 0.126. The van der Waals surface area contributed by atoms with Gasteiger partial charge >= 0.3 is 6.03 Å². The molecule has 5 nitrogen and oxygen atoms in total. The fraction of sp³-hybridized carbons (Fsp3) is 0.800. The molecule has 0 rings (SSSR count). The van der Waals surface area contributed by atoms with Crippen LogP contribution in [0.25, 0.3) is 0 Å². The smallest absolute Gasteiger partial charge is 0.287 e. The maximum absolute atomic E-state index is 10.4. The van der Waals surface area contributed by atoms with Gasteiger partial charge in [-0.25, -0.2) is 15.3 Å². The normalized spacial score (nSPS) is 10.2. The molecule has 5 heteroatoms. The largest absolute Gasteiger partial charge is 0.353 e. The highest BCUT2D eigenvalue weighted by Crippen LogP contribution is 1.86. The van der Waals surface area contributed by atoms with Crippen LogP contribution in [-0.4, -0.2) is 29.3 Å². The topological polar surface area (TPSA) is 64.6 Å². The van der Waals surface area contributed by atoms with Crippen LogP contribution < -0.4 is 10.9 Å². The fourth-order valence-electron chi connectivity index (χ4n) is 0.314. The van der Waals surface area contributed by atoms with Crippen LogP contribution in [0.5, 0.6) is 0 Å². The van der Waals surface area contributed by atoms with Crippen LogP contribution >= 0.6 is 0 Å². The average molecular weight is 147 g/mol. The summed E-state index contributed by atoms with van der Waals surface area (Å²) in [4.78, 5) is 10.4. The molecule has 0 aliphatic rings. The highest BCUT2D eigenvalue weighted by atomic mass is 16.5. The van der Waals surface area contributed by atoms with Gasteiger partial charge in [-0.05, 0) is 13.8 Å². The zero-order valence-corrected chi connectivity index (χ0v) is 6.38. The molecule has 0 aliphatic carbocycles. The highest BCUT2D eigenvalue weighted by molar-refractivity contribution is 5.71. The first-order chi connectivity index (χ1) is 4.57. The van der Waals surface area contributed by atoms with Crippen molar-refractivity contribution in [2.75, 3.05) is 7.05 Å². The molecule has 0 aromatic heterocycles. The Morgan fingerprint density at radius 2 is 2.10 bits per heavy atom. The van der Waals surface area contributed by atoms with Crippen molar-refractivity contribution in [1.82, 2.24) is 15.9 Å². The zero-order chi connectivity index (χ0) is 8.15. The number of hydrazine groups is 1. The van der Waals surface area contributed by atoms with Gasteiger partial charge in [0.1, 0.15) is 0 Å². The number of carbonyl (C=O) groups excluding carboxylic acids is 1. The maximum atomic E-state index is 10.4. The van der Waals surface area contributed by atoms with Crippen LogP contribution in [0.1, 0.15) is 13.8 Å². The van der Waals surface area contributed by atoms with E-state index in [1.54, 1.807) is 12.1 Å². The standard InChI is InChI=1S/C5H13N3O2/c1-4(2)8(3)6-5(9)7-10/h4,10H,1-3H3,(H2,6,7,9). The van der Waals surface area contributed by atoms with Crippen molar-refractivity contribution < 1.29 is 10.0 Å². The maximum Gasteiger partial charge on any atom is 0.353 e. The van der Waals surface area contributed by atoms with E-state index < -0.39 is 6.03 Å². The van der Waals surface area contributed by atoms with Crippen LogP contribution in [0.2, 0.25) is 0 Å². The van der Waals surface area contributed by atoms with Crippen LogP contribution in [0.15, 0.2) is 0 Å². The second-order valence-corrected chi connectivity index (χ2v) is 2.26. The van der Waals surface area contributed by atoms with Gasteiger partial charge in [0.15, 0.2) is 0 Å². The summed E-state index contributed by atoms with van der Waals surface area (Å²) in [5.41, 5.74) is 3.82. The molecule has 0 aromatic rings. The van der Waals surface area contributed by atoms with Crippen LogP contribution in [0.3, 0.4) is 0 Å². The molecule has 0 saturated heterocycles. The second kappa shape index (κ2) is 4.08.